The van der Waals surface area contributed by atoms with Crippen LogP contribution in [0.5, 0.6) is 5.75 Å². The van der Waals surface area contributed by atoms with Gasteiger partial charge in [0.25, 0.3) is 0 Å². The summed E-state index contributed by atoms with van der Waals surface area (Å²) in [6.45, 7) is 5.77. The summed E-state index contributed by atoms with van der Waals surface area (Å²) in [7, 11) is 0. The van der Waals surface area contributed by atoms with Crippen LogP contribution in [0, 0.1) is 5.82 Å². The van der Waals surface area contributed by atoms with E-state index in [4.69, 9.17) is 4.74 Å². The van der Waals surface area contributed by atoms with Crippen molar-refractivity contribution in [3.8, 4) is 5.75 Å². The van der Waals surface area contributed by atoms with Gasteiger partial charge in [-0.05, 0) is 32.4 Å². The van der Waals surface area contributed by atoms with Crippen LogP contribution in [0.1, 0.15) is 39.2 Å². The van der Waals surface area contributed by atoms with Crippen LogP contribution >= 0.6 is 15.9 Å². The minimum absolute atomic E-state index is 0.182. The van der Waals surface area contributed by atoms with Crippen molar-refractivity contribution in [2.45, 2.75) is 39.2 Å². The molecule has 0 radical (unpaired) electrons. The van der Waals surface area contributed by atoms with Gasteiger partial charge in [-0.15, -0.1) is 0 Å². The molecule has 1 aromatic carbocycles. The summed E-state index contributed by atoms with van der Waals surface area (Å²) in [5.74, 6) is -0.304. The highest BCUT2D eigenvalue weighted by Crippen LogP contribution is 2.37. The summed E-state index contributed by atoms with van der Waals surface area (Å²) in [5.41, 5.74) is -0.921. The van der Waals surface area contributed by atoms with Crippen LogP contribution in [0.25, 0.3) is 0 Å². The first-order valence-electron chi connectivity index (χ1n) is 5.77. The summed E-state index contributed by atoms with van der Waals surface area (Å²) in [6, 6.07) is 3.27. The van der Waals surface area contributed by atoms with E-state index in [0.29, 0.717) is 17.5 Å². The van der Waals surface area contributed by atoms with E-state index in [1.54, 1.807) is 26.0 Å². The molecule has 1 N–H and O–H groups in total. The summed E-state index contributed by atoms with van der Waals surface area (Å²) in [6.07, 6.45) is 1.27. The molecular formula is C13H18BrFO2. The van der Waals surface area contributed by atoms with E-state index in [2.05, 4.69) is 15.9 Å². The fourth-order valence-corrected chi connectivity index (χ4v) is 2.64. The fraction of sp³-hybridized carbons (Fsp3) is 0.538. The van der Waals surface area contributed by atoms with Crippen molar-refractivity contribution in [2.24, 2.45) is 0 Å². The molecule has 0 amide bonds. The standard InChI is InChI=1S/C13H18BrFO2/c1-4-8-13(3,16)11-9(14)6-7-10(12(11)15)17-5-2/h6-7,16H,4-5,8H2,1-3H3. The zero-order valence-electron chi connectivity index (χ0n) is 10.4. The molecule has 0 aliphatic carbocycles. The number of hydrogen-bond donors (Lipinski definition) is 1. The van der Waals surface area contributed by atoms with Crippen molar-refractivity contribution in [1.82, 2.24) is 0 Å². The highest BCUT2D eigenvalue weighted by molar-refractivity contribution is 9.10. The zero-order chi connectivity index (χ0) is 13.1. The molecule has 0 saturated heterocycles. The van der Waals surface area contributed by atoms with Gasteiger partial charge in [-0.3, -0.25) is 0 Å². The van der Waals surface area contributed by atoms with Gasteiger partial charge in [-0.1, -0.05) is 29.3 Å². The van der Waals surface area contributed by atoms with Crippen LogP contribution in [-0.2, 0) is 5.60 Å². The second-order valence-electron chi connectivity index (χ2n) is 4.19. The average Bonchev–Trinajstić information content (AvgIpc) is 2.22. The number of hydrogen-bond acceptors (Lipinski definition) is 2. The first-order valence-corrected chi connectivity index (χ1v) is 6.57. The van der Waals surface area contributed by atoms with Gasteiger partial charge in [-0.2, -0.15) is 0 Å². The monoisotopic (exact) mass is 304 g/mol. The quantitative estimate of drug-likeness (QED) is 0.891. The lowest BCUT2D eigenvalue weighted by Gasteiger charge is -2.25. The van der Waals surface area contributed by atoms with Crippen LogP contribution in [0.4, 0.5) is 4.39 Å². The first kappa shape index (κ1) is 14.5. The topological polar surface area (TPSA) is 29.5 Å². The fourth-order valence-electron chi connectivity index (χ4n) is 1.91. The van der Waals surface area contributed by atoms with Crippen LogP contribution < -0.4 is 4.74 Å². The lowest BCUT2D eigenvalue weighted by Crippen LogP contribution is -2.23. The maximum absolute atomic E-state index is 14.2. The van der Waals surface area contributed by atoms with Gasteiger partial charge in [0.15, 0.2) is 11.6 Å². The Balaban J connectivity index is 3.26. The highest BCUT2D eigenvalue weighted by atomic mass is 79.9. The Morgan fingerprint density at radius 1 is 1.41 bits per heavy atom. The van der Waals surface area contributed by atoms with Crippen molar-refractivity contribution in [2.75, 3.05) is 6.61 Å². The van der Waals surface area contributed by atoms with Crippen molar-refractivity contribution >= 4 is 15.9 Å². The molecule has 0 bridgehead atoms. The Labute approximate surface area is 110 Å². The predicted molar refractivity (Wildman–Crippen MR) is 69.7 cm³/mol. The molecule has 0 fully saturated rings. The molecular weight excluding hydrogens is 287 g/mol. The van der Waals surface area contributed by atoms with Gasteiger partial charge in [0.2, 0.25) is 0 Å². The van der Waals surface area contributed by atoms with Crippen LogP contribution in [0.15, 0.2) is 16.6 Å². The van der Waals surface area contributed by atoms with Gasteiger partial charge in [-0.25, -0.2) is 4.39 Å². The minimum atomic E-state index is -1.19. The second-order valence-corrected chi connectivity index (χ2v) is 5.05. The SMILES string of the molecule is CCCC(C)(O)c1c(Br)ccc(OCC)c1F. The third kappa shape index (κ3) is 3.19. The molecule has 1 aromatic rings. The van der Waals surface area contributed by atoms with E-state index < -0.39 is 11.4 Å². The molecule has 0 aliphatic heterocycles. The molecule has 0 aromatic heterocycles. The summed E-state index contributed by atoms with van der Waals surface area (Å²) in [5, 5.41) is 10.3. The summed E-state index contributed by atoms with van der Waals surface area (Å²) in [4.78, 5) is 0. The van der Waals surface area contributed by atoms with E-state index in [1.807, 2.05) is 6.92 Å². The average molecular weight is 305 g/mol. The van der Waals surface area contributed by atoms with Crippen molar-refractivity contribution in [3.05, 3.63) is 28.0 Å². The number of benzene rings is 1. The number of aliphatic hydroxyl groups is 1. The van der Waals surface area contributed by atoms with Crippen LogP contribution in [-0.4, -0.2) is 11.7 Å². The summed E-state index contributed by atoms with van der Waals surface area (Å²) < 4.78 is 20.0. The Bertz CT molecular complexity index is 391. The van der Waals surface area contributed by atoms with Gasteiger partial charge in [0.1, 0.15) is 0 Å². The van der Waals surface area contributed by atoms with Crippen molar-refractivity contribution < 1.29 is 14.2 Å². The molecule has 17 heavy (non-hydrogen) atoms. The van der Waals surface area contributed by atoms with Crippen LogP contribution in [0.2, 0.25) is 0 Å². The molecule has 1 unspecified atom stereocenters. The lowest BCUT2D eigenvalue weighted by atomic mass is 9.91. The highest BCUT2D eigenvalue weighted by Gasteiger charge is 2.30. The predicted octanol–water partition coefficient (Wildman–Crippen LogP) is 3.99. The van der Waals surface area contributed by atoms with E-state index in [-0.39, 0.29) is 11.3 Å². The molecule has 0 heterocycles. The zero-order valence-corrected chi connectivity index (χ0v) is 12.0. The minimum Gasteiger partial charge on any atom is -0.491 e. The molecule has 1 rings (SSSR count). The number of ether oxygens (including phenoxy) is 1. The molecule has 0 spiro atoms. The third-order valence-electron chi connectivity index (χ3n) is 2.63. The van der Waals surface area contributed by atoms with Gasteiger partial charge in [0.05, 0.1) is 12.2 Å². The van der Waals surface area contributed by atoms with Crippen molar-refractivity contribution in [3.63, 3.8) is 0 Å². The summed E-state index contributed by atoms with van der Waals surface area (Å²) >= 11 is 3.28. The van der Waals surface area contributed by atoms with E-state index in [9.17, 15) is 9.50 Å². The van der Waals surface area contributed by atoms with E-state index >= 15 is 0 Å². The molecule has 2 nitrogen and oxygen atoms in total. The molecule has 0 saturated carbocycles. The number of halogens is 2. The Morgan fingerprint density at radius 2 is 2.06 bits per heavy atom. The number of rotatable bonds is 5. The smallest absolute Gasteiger partial charge is 0.172 e. The maximum atomic E-state index is 14.2. The lowest BCUT2D eigenvalue weighted by molar-refractivity contribution is 0.0419. The van der Waals surface area contributed by atoms with Gasteiger partial charge in [0, 0.05) is 10.0 Å². The Morgan fingerprint density at radius 3 is 2.59 bits per heavy atom. The molecule has 0 aliphatic rings. The Kier molecular flexibility index (Phi) is 4.95. The normalized spacial score (nSPS) is 14.5. The van der Waals surface area contributed by atoms with Gasteiger partial charge < -0.3 is 9.84 Å². The van der Waals surface area contributed by atoms with Crippen molar-refractivity contribution in [1.29, 1.82) is 0 Å². The second kappa shape index (κ2) is 5.83. The van der Waals surface area contributed by atoms with E-state index in [1.165, 1.54) is 0 Å². The maximum Gasteiger partial charge on any atom is 0.172 e. The molecule has 96 valence electrons. The molecule has 1 atom stereocenters. The van der Waals surface area contributed by atoms with E-state index in [0.717, 1.165) is 6.42 Å². The third-order valence-corrected chi connectivity index (χ3v) is 3.29. The largest absolute Gasteiger partial charge is 0.491 e. The van der Waals surface area contributed by atoms with Crippen LogP contribution in [0.3, 0.4) is 0 Å². The molecule has 4 heteroatoms. The first-order chi connectivity index (χ1) is 7.94. The van der Waals surface area contributed by atoms with Gasteiger partial charge >= 0.3 is 0 Å². The Hall–Kier alpha value is -0.610.